The van der Waals surface area contributed by atoms with E-state index in [1.165, 1.54) is 14.2 Å². The van der Waals surface area contributed by atoms with Crippen LogP contribution in [0.4, 0.5) is 14.0 Å². The van der Waals surface area contributed by atoms with E-state index in [0.29, 0.717) is 59.1 Å². The van der Waals surface area contributed by atoms with Crippen LogP contribution in [0.15, 0.2) is 120 Å². The topological polar surface area (TPSA) is 175 Å². The number of imidazole rings is 1. The van der Waals surface area contributed by atoms with Crippen molar-refractivity contribution in [2.45, 2.75) is 62.9 Å². The normalized spacial score (nSPS) is 20.5. The summed E-state index contributed by atoms with van der Waals surface area (Å²) < 4.78 is 32.4. The second kappa shape index (κ2) is 18.4. The first kappa shape index (κ1) is 42.9. The zero-order valence-corrected chi connectivity index (χ0v) is 36.3. The van der Waals surface area contributed by atoms with Crippen molar-refractivity contribution in [2.24, 2.45) is 5.92 Å². The molecule has 4 amide bonds. The average molecular weight is 880 g/mol. The maximum atomic E-state index is 16.5. The summed E-state index contributed by atoms with van der Waals surface area (Å²) in [6, 6.07) is 27.4. The Morgan fingerprint density at radius 3 is 1.97 bits per heavy atom. The number of nitrogens with one attached hydrogen (secondary N) is 4. The van der Waals surface area contributed by atoms with Crippen LogP contribution in [0.3, 0.4) is 0 Å². The van der Waals surface area contributed by atoms with Crippen molar-refractivity contribution < 1.29 is 37.5 Å². The van der Waals surface area contributed by atoms with Gasteiger partial charge in [-0.05, 0) is 84.3 Å². The predicted octanol–water partition coefficient (Wildman–Crippen LogP) is 9.13. The maximum Gasteiger partial charge on any atom is 0.407 e. The SMILES string of the molecule is COC(=O)NC(C(=O)N1CCC[C@H]1c1ccc(-c2ccc3oc(C4=CC=C(c5cnc([C@@H]6CCCN6C(=O)[C@H](NC(=O)OC)c6ccccc6)[nH]5)C(C)C4F)cc3c2)[nH]1)c1ccccc1. The number of benzene rings is 3. The van der Waals surface area contributed by atoms with Gasteiger partial charge in [0.05, 0.1) is 38.2 Å². The van der Waals surface area contributed by atoms with Gasteiger partial charge < -0.3 is 44.3 Å². The van der Waals surface area contributed by atoms with Crippen LogP contribution in [-0.4, -0.2) is 82.2 Å². The lowest BCUT2D eigenvalue weighted by Crippen LogP contribution is -2.42. The highest BCUT2D eigenvalue weighted by molar-refractivity contribution is 5.90. The van der Waals surface area contributed by atoms with E-state index in [9.17, 15) is 19.2 Å². The number of allylic oxidation sites excluding steroid dienone is 4. The Hall–Kier alpha value is -7.42. The standard InChI is InChI=1S/C50H50FN7O7/c1-29-34(38-28-52-46(54-38)40-17-11-25-58(40)48(60)45(56-50(62)64-3)31-14-8-5-9-15-31)19-20-35(43(29)51)42-27-33-26-32(18-23-41(33)65-42)36-21-22-37(53-36)39-16-10-24-57(39)47(59)44(55-49(61)63-2)30-12-6-4-7-13-30/h4-9,12-15,18-23,26-29,39-40,43-45,53H,10-11,16-17,24-25H2,1-3H3,(H,52,54)(H,55,61)(H,56,62)/t29?,39-,40-,43?,44?,45+/m0/s1. The fourth-order valence-electron chi connectivity index (χ4n) is 9.40. The number of hydrogen-bond acceptors (Lipinski definition) is 8. The number of H-pyrrole nitrogens is 2. The van der Waals surface area contributed by atoms with E-state index >= 15 is 4.39 Å². The molecule has 0 radical (unpaired) electrons. The lowest BCUT2D eigenvalue weighted by atomic mass is 9.84. The van der Waals surface area contributed by atoms with Gasteiger partial charge in [0.2, 0.25) is 5.91 Å². The van der Waals surface area contributed by atoms with Gasteiger partial charge in [0, 0.05) is 41.4 Å². The highest BCUT2D eigenvalue weighted by Crippen LogP contribution is 2.42. The molecule has 0 saturated carbocycles. The number of nitrogens with zero attached hydrogens (tertiary/aromatic N) is 3. The third-order valence-corrected chi connectivity index (χ3v) is 12.8. The highest BCUT2D eigenvalue weighted by atomic mass is 19.1. The molecule has 2 saturated heterocycles. The van der Waals surface area contributed by atoms with E-state index in [-0.39, 0.29) is 23.9 Å². The number of aromatic nitrogens is 3. The fraction of sp³-hybridized carbons (Fsp3) is 0.300. The molecule has 3 aromatic carbocycles. The number of furan rings is 1. The van der Waals surface area contributed by atoms with E-state index in [2.05, 4.69) is 25.6 Å². The first-order valence-corrected chi connectivity index (χ1v) is 21.9. The molecule has 1 aliphatic carbocycles. The molecule has 6 atom stereocenters. The van der Waals surface area contributed by atoms with Crippen LogP contribution in [0.2, 0.25) is 0 Å². The highest BCUT2D eigenvalue weighted by Gasteiger charge is 2.39. The summed E-state index contributed by atoms with van der Waals surface area (Å²) in [5.41, 5.74) is 6.40. The van der Waals surface area contributed by atoms with E-state index in [1.54, 1.807) is 29.3 Å². The third kappa shape index (κ3) is 8.53. The van der Waals surface area contributed by atoms with Crippen molar-refractivity contribution in [1.29, 1.82) is 0 Å². The summed E-state index contributed by atoms with van der Waals surface area (Å²) in [5, 5.41) is 6.22. The first-order valence-electron chi connectivity index (χ1n) is 21.9. The van der Waals surface area contributed by atoms with Crippen molar-refractivity contribution >= 4 is 46.1 Å². The molecule has 14 nitrogen and oxygen atoms in total. The van der Waals surface area contributed by atoms with Gasteiger partial charge in [-0.1, -0.05) is 79.7 Å². The molecular formula is C50H50FN7O7. The second-order valence-corrected chi connectivity index (χ2v) is 16.6. The lowest BCUT2D eigenvalue weighted by Gasteiger charge is -2.29. The molecule has 334 valence electrons. The first-order chi connectivity index (χ1) is 31.6. The van der Waals surface area contributed by atoms with Crippen LogP contribution in [0.1, 0.15) is 90.9 Å². The number of alkyl carbamates (subject to hydrolysis) is 2. The summed E-state index contributed by atoms with van der Waals surface area (Å²) in [5.74, 6) is 0.00366. The molecule has 3 unspecified atom stereocenters. The van der Waals surface area contributed by atoms with Crippen molar-refractivity contribution in [1.82, 2.24) is 35.4 Å². The van der Waals surface area contributed by atoms with Crippen molar-refractivity contribution in [3.05, 3.63) is 150 Å². The van der Waals surface area contributed by atoms with Crippen LogP contribution < -0.4 is 10.6 Å². The van der Waals surface area contributed by atoms with Gasteiger partial charge in [0.1, 0.15) is 35.4 Å². The van der Waals surface area contributed by atoms with Crippen molar-refractivity contribution in [3.8, 4) is 11.3 Å². The molecule has 3 aliphatic rings. The van der Waals surface area contributed by atoms with Crippen LogP contribution in [0.25, 0.3) is 33.4 Å². The largest absolute Gasteiger partial charge is 0.456 e. The van der Waals surface area contributed by atoms with Gasteiger partial charge in [-0.2, -0.15) is 0 Å². The van der Waals surface area contributed by atoms with Crippen molar-refractivity contribution in [3.63, 3.8) is 0 Å². The minimum atomic E-state index is -1.38. The van der Waals surface area contributed by atoms with Crippen LogP contribution >= 0.6 is 0 Å². The molecule has 9 rings (SSSR count). The Labute approximate surface area is 374 Å². The van der Waals surface area contributed by atoms with Crippen LogP contribution in [0, 0.1) is 5.92 Å². The quantitative estimate of drug-likeness (QED) is 0.0997. The number of alkyl halides is 1. The van der Waals surface area contributed by atoms with Gasteiger partial charge in [0.25, 0.3) is 5.91 Å². The fourth-order valence-corrected chi connectivity index (χ4v) is 9.40. The summed E-state index contributed by atoms with van der Waals surface area (Å²) in [4.78, 5) is 67.7. The third-order valence-electron chi connectivity index (χ3n) is 12.8. The van der Waals surface area contributed by atoms with E-state index in [0.717, 1.165) is 47.2 Å². The molecule has 0 bridgehead atoms. The zero-order chi connectivity index (χ0) is 45.2. The monoisotopic (exact) mass is 879 g/mol. The number of halogens is 1. The van der Waals surface area contributed by atoms with Gasteiger partial charge in [-0.15, -0.1) is 0 Å². The number of amides is 4. The number of carbonyl (C=O) groups is 4. The summed E-state index contributed by atoms with van der Waals surface area (Å²) in [6.45, 7) is 2.87. The minimum Gasteiger partial charge on any atom is -0.456 e. The smallest absolute Gasteiger partial charge is 0.407 e. The van der Waals surface area contributed by atoms with E-state index < -0.39 is 36.4 Å². The molecule has 2 aliphatic heterocycles. The number of carbonyl (C=O) groups excluding carboxylic acids is 4. The molecule has 15 heteroatoms. The Morgan fingerprint density at radius 2 is 1.34 bits per heavy atom. The van der Waals surface area contributed by atoms with E-state index in [1.807, 2.05) is 103 Å². The Kier molecular flexibility index (Phi) is 12.1. The molecule has 6 aromatic rings. The van der Waals surface area contributed by atoms with E-state index in [4.69, 9.17) is 13.9 Å². The minimum absolute atomic E-state index is 0.213. The van der Waals surface area contributed by atoms with Gasteiger partial charge in [0.15, 0.2) is 0 Å². The number of likely N-dealkylation sites (tertiary alicyclic amines) is 2. The van der Waals surface area contributed by atoms with Crippen LogP contribution in [-0.2, 0) is 19.1 Å². The van der Waals surface area contributed by atoms with Gasteiger partial charge in [-0.3, -0.25) is 9.59 Å². The summed E-state index contributed by atoms with van der Waals surface area (Å²) in [6.07, 6.45) is 5.57. The molecule has 3 aromatic heterocycles. The number of ether oxygens (including phenoxy) is 2. The Morgan fingerprint density at radius 1 is 0.738 bits per heavy atom. The number of hydrogen-bond donors (Lipinski definition) is 4. The number of fused-ring (bicyclic) bond motifs is 1. The van der Waals surface area contributed by atoms with Crippen LogP contribution in [0.5, 0.6) is 0 Å². The van der Waals surface area contributed by atoms with Gasteiger partial charge >= 0.3 is 12.2 Å². The summed E-state index contributed by atoms with van der Waals surface area (Å²) >= 11 is 0. The average Bonchev–Trinajstić information content (AvgIpc) is 4.20. The molecule has 4 N–H and O–H groups in total. The second-order valence-electron chi connectivity index (χ2n) is 16.6. The Bertz CT molecular complexity index is 2780. The van der Waals surface area contributed by atoms with Crippen molar-refractivity contribution in [2.75, 3.05) is 27.3 Å². The summed E-state index contributed by atoms with van der Waals surface area (Å²) in [7, 11) is 2.53. The molecule has 65 heavy (non-hydrogen) atoms. The lowest BCUT2D eigenvalue weighted by molar-refractivity contribution is -0.135. The number of aromatic amines is 2. The maximum absolute atomic E-state index is 16.5. The Balaban J connectivity index is 0.910. The predicted molar refractivity (Wildman–Crippen MR) is 241 cm³/mol. The molecular weight excluding hydrogens is 830 g/mol. The molecule has 0 spiro atoms. The number of methoxy groups -OCH3 is 2. The zero-order valence-electron chi connectivity index (χ0n) is 36.3. The number of rotatable bonds is 11. The van der Waals surface area contributed by atoms with Gasteiger partial charge in [-0.25, -0.2) is 19.0 Å². The molecule has 2 fully saturated rings. The molecule has 5 heterocycles.